The van der Waals surface area contributed by atoms with Gasteiger partial charge in [-0.2, -0.15) is 10.4 Å². The van der Waals surface area contributed by atoms with Crippen molar-refractivity contribution in [1.29, 1.82) is 5.26 Å². The van der Waals surface area contributed by atoms with Crippen molar-refractivity contribution in [2.75, 3.05) is 10.6 Å². The van der Waals surface area contributed by atoms with E-state index in [4.69, 9.17) is 0 Å². The molecule has 3 aromatic rings. The van der Waals surface area contributed by atoms with Crippen LogP contribution in [0.2, 0.25) is 0 Å². The Morgan fingerprint density at radius 1 is 1.25 bits per heavy atom. The fourth-order valence-corrected chi connectivity index (χ4v) is 3.46. The molecule has 0 bridgehead atoms. The van der Waals surface area contributed by atoms with Crippen LogP contribution in [0.15, 0.2) is 42.7 Å². The molecular weight excluding hydrogens is 356 g/mol. The number of hydrogen-bond acceptors (Lipinski definition) is 6. The van der Waals surface area contributed by atoms with Gasteiger partial charge in [-0.05, 0) is 31.0 Å². The summed E-state index contributed by atoms with van der Waals surface area (Å²) in [5.41, 5.74) is 1.53. The lowest BCUT2D eigenvalue weighted by Gasteiger charge is -2.28. The Morgan fingerprint density at radius 2 is 2.07 bits per heavy atom. The summed E-state index contributed by atoms with van der Waals surface area (Å²) in [6.45, 7) is 0. The SMILES string of the molecule is N#Cc1ccccc1NC(=O)c1cnn2ccc(N[C@@H]3CCCC[C@@H]3O)nc12. The van der Waals surface area contributed by atoms with Crippen molar-refractivity contribution in [2.45, 2.75) is 37.8 Å². The Kier molecular flexibility index (Phi) is 4.91. The molecule has 0 saturated heterocycles. The molecule has 1 aliphatic carbocycles. The molecule has 8 nitrogen and oxygen atoms in total. The van der Waals surface area contributed by atoms with Crippen LogP contribution in [0.5, 0.6) is 0 Å². The first-order chi connectivity index (χ1) is 13.7. The number of anilines is 2. The van der Waals surface area contributed by atoms with Crippen LogP contribution in [-0.4, -0.2) is 37.8 Å². The number of rotatable bonds is 4. The first-order valence-electron chi connectivity index (χ1n) is 9.25. The number of nitriles is 1. The van der Waals surface area contributed by atoms with E-state index >= 15 is 0 Å². The van der Waals surface area contributed by atoms with Crippen LogP contribution in [0.1, 0.15) is 41.6 Å². The quantitative estimate of drug-likeness (QED) is 0.645. The third kappa shape index (κ3) is 3.52. The van der Waals surface area contributed by atoms with E-state index in [0.717, 1.165) is 25.7 Å². The maximum Gasteiger partial charge on any atom is 0.261 e. The number of aliphatic hydroxyl groups excluding tert-OH is 1. The minimum Gasteiger partial charge on any atom is -0.391 e. The van der Waals surface area contributed by atoms with Crippen LogP contribution < -0.4 is 10.6 Å². The van der Waals surface area contributed by atoms with E-state index in [1.165, 1.54) is 10.7 Å². The predicted molar refractivity (Wildman–Crippen MR) is 104 cm³/mol. The van der Waals surface area contributed by atoms with Gasteiger partial charge >= 0.3 is 0 Å². The zero-order valence-electron chi connectivity index (χ0n) is 15.2. The van der Waals surface area contributed by atoms with E-state index < -0.39 is 6.10 Å². The van der Waals surface area contributed by atoms with E-state index in [0.29, 0.717) is 28.3 Å². The Balaban J connectivity index is 1.59. The van der Waals surface area contributed by atoms with E-state index in [1.54, 1.807) is 36.5 Å². The number of hydrogen-bond donors (Lipinski definition) is 3. The van der Waals surface area contributed by atoms with Gasteiger partial charge in [-0.25, -0.2) is 9.50 Å². The van der Waals surface area contributed by atoms with Crippen molar-refractivity contribution in [3.05, 3.63) is 53.9 Å². The number of para-hydroxylation sites is 1. The van der Waals surface area contributed by atoms with Gasteiger partial charge in [0.2, 0.25) is 0 Å². The Hall–Kier alpha value is -3.44. The zero-order chi connectivity index (χ0) is 19.5. The number of nitrogens with one attached hydrogen (secondary N) is 2. The average Bonchev–Trinajstić information content (AvgIpc) is 3.13. The second kappa shape index (κ2) is 7.66. The Morgan fingerprint density at radius 3 is 2.89 bits per heavy atom. The normalized spacial score (nSPS) is 19.1. The first-order valence-corrected chi connectivity index (χ1v) is 9.25. The molecule has 8 heteroatoms. The Labute approximate surface area is 161 Å². The lowest BCUT2D eigenvalue weighted by atomic mass is 9.93. The molecule has 2 aromatic heterocycles. The van der Waals surface area contributed by atoms with E-state index in [2.05, 4.69) is 26.8 Å². The summed E-state index contributed by atoms with van der Waals surface area (Å²) in [5, 5.41) is 29.5. The van der Waals surface area contributed by atoms with E-state index in [9.17, 15) is 15.2 Å². The monoisotopic (exact) mass is 376 g/mol. The molecule has 0 unspecified atom stereocenters. The van der Waals surface area contributed by atoms with Crippen LogP contribution in [0.3, 0.4) is 0 Å². The molecule has 1 aliphatic rings. The molecule has 1 fully saturated rings. The van der Waals surface area contributed by atoms with Gasteiger partial charge < -0.3 is 15.7 Å². The Bertz CT molecular complexity index is 1050. The van der Waals surface area contributed by atoms with Crippen LogP contribution in [0.4, 0.5) is 11.5 Å². The fourth-order valence-electron chi connectivity index (χ4n) is 3.46. The van der Waals surface area contributed by atoms with Gasteiger partial charge in [0.25, 0.3) is 5.91 Å². The lowest BCUT2D eigenvalue weighted by Crippen LogP contribution is -2.36. The first kappa shape index (κ1) is 17.9. The molecule has 3 N–H and O–H groups in total. The molecule has 1 aromatic carbocycles. The van der Waals surface area contributed by atoms with Gasteiger partial charge in [-0.3, -0.25) is 4.79 Å². The van der Waals surface area contributed by atoms with Crippen molar-refractivity contribution in [3.8, 4) is 6.07 Å². The van der Waals surface area contributed by atoms with Crippen LogP contribution in [0, 0.1) is 11.3 Å². The number of amides is 1. The number of fused-ring (bicyclic) bond motifs is 1. The van der Waals surface area contributed by atoms with Crippen molar-refractivity contribution >= 4 is 23.1 Å². The standard InChI is InChI=1S/C20H20N6O2/c21-11-13-5-1-2-6-15(13)24-20(28)14-12-22-26-10-9-18(25-19(14)26)23-16-7-3-4-8-17(16)27/h1-2,5-6,9-10,12,16-17,27H,3-4,7-8H2,(H,23,25)(H,24,28)/t16-,17+/m1/s1. The highest BCUT2D eigenvalue weighted by molar-refractivity contribution is 6.08. The van der Waals surface area contributed by atoms with Crippen LogP contribution >= 0.6 is 0 Å². The summed E-state index contributed by atoms with van der Waals surface area (Å²) in [4.78, 5) is 17.3. The van der Waals surface area contributed by atoms with Gasteiger partial charge in [0, 0.05) is 6.20 Å². The van der Waals surface area contributed by atoms with Crippen LogP contribution in [0.25, 0.3) is 5.65 Å². The van der Waals surface area contributed by atoms with Gasteiger partial charge in [-0.15, -0.1) is 0 Å². The minimum absolute atomic E-state index is 0.0496. The summed E-state index contributed by atoms with van der Waals surface area (Å²) in [6, 6.07) is 10.6. The molecule has 2 atom stereocenters. The molecule has 0 spiro atoms. The van der Waals surface area contributed by atoms with Crippen LogP contribution in [-0.2, 0) is 0 Å². The van der Waals surface area contributed by atoms with Crippen molar-refractivity contribution in [3.63, 3.8) is 0 Å². The van der Waals surface area contributed by atoms with Gasteiger partial charge in [0.1, 0.15) is 17.5 Å². The van der Waals surface area contributed by atoms with Gasteiger partial charge in [0.05, 0.1) is 29.6 Å². The van der Waals surface area contributed by atoms with Crippen molar-refractivity contribution in [1.82, 2.24) is 14.6 Å². The second-order valence-corrected chi connectivity index (χ2v) is 6.85. The summed E-state index contributed by atoms with van der Waals surface area (Å²) in [6.07, 6.45) is 6.52. The number of carbonyl (C=O) groups excluding carboxylic acids is 1. The molecule has 4 rings (SSSR count). The number of aromatic nitrogens is 3. The third-order valence-corrected chi connectivity index (χ3v) is 4.97. The summed E-state index contributed by atoms with van der Waals surface area (Å²) < 4.78 is 1.52. The number of nitrogens with zero attached hydrogens (tertiary/aromatic N) is 4. The highest BCUT2D eigenvalue weighted by Crippen LogP contribution is 2.22. The predicted octanol–water partition coefficient (Wildman–Crippen LogP) is 2.57. The zero-order valence-corrected chi connectivity index (χ0v) is 15.2. The van der Waals surface area contributed by atoms with E-state index in [1.807, 2.05) is 0 Å². The minimum atomic E-state index is -0.401. The number of aliphatic hydroxyl groups is 1. The average molecular weight is 376 g/mol. The summed E-state index contributed by atoms with van der Waals surface area (Å²) in [5.74, 6) is 0.200. The van der Waals surface area contributed by atoms with Crippen molar-refractivity contribution in [2.24, 2.45) is 0 Å². The van der Waals surface area contributed by atoms with Gasteiger partial charge in [0.15, 0.2) is 5.65 Å². The number of carbonyl (C=O) groups is 1. The summed E-state index contributed by atoms with van der Waals surface area (Å²) >= 11 is 0. The fraction of sp³-hybridized carbons (Fsp3) is 0.300. The topological polar surface area (TPSA) is 115 Å². The lowest BCUT2D eigenvalue weighted by molar-refractivity contribution is 0.102. The highest BCUT2D eigenvalue weighted by Gasteiger charge is 2.23. The van der Waals surface area contributed by atoms with E-state index in [-0.39, 0.29) is 11.9 Å². The second-order valence-electron chi connectivity index (χ2n) is 6.85. The molecule has 1 saturated carbocycles. The highest BCUT2D eigenvalue weighted by atomic mass is 16.3. The molecule has 0 radical (unpaired) electrons. The third-order valence-electron chi connectivity index (χ3n) is 4.97. The molecule has 142 valence electrons. The molecular formula is C20H20N6O2. The maximum atomic E-state index is 12.7. The summed E-state index contributed by atoms with van der Waals surface area (Å²) in [7, 11) is 0. The number of benzene rings is 1. The smallest absolute Gasteiger partial charge is 0.261 e. The largest absolute Gasteiger partial charge is 0.391 e. The van der Waals surface area contributed by atoms with Crippen molar-refractivity contribution < 1.29 is 9.90 Å². The van der Waals surface area contributed by atoms with Gasteiger partial charge in [-0.1, -0.05) is 25.0 Å². The maximum absolute atomic E-state index is 12.7. The molecule has 0 aliphatic heterocycles. The molecule has 2 heterocycles. The molecule has 1 amide bonds. The molecule has 28 heavy (non-hydrogen) atoms.